The Balaban J connectivity index is 2.35. The fourth-order valence-electron chi connectivity index (χ4n) is 4.50. The van der Waals surface area contributed by atoms with Crippen molar-refractivity contribution in [1.82, 2.24) is 0 Å². The van der Waals surface area contributed by atoms with Gasteiger partial charge in [0.05, 0.1) is 6.10 Å². The summed E-state index contributed by atoms with van der Waals surface area (Å²) in [4.78, 5) is 25.7. The predicted octanol–water partition coefficient (Wildman–Crippen LogP) is 4.43. The topological polar surface area (TPSA) is 83.8 Å². The van der Waals surface area contributed by atoms with Crippen molar-refractivity contribution in [2.45, 2.75) is 90.8 Å². The lowest BCUT2D eigenvalue weighted by Crippen LogP contribution is -2.26. The number of carbonyl (C=O) groups excluding carboxylic acids is 2. The second kappa shape index (κ2) is 12.2. The monoisotopic (exact) mass is 418 g/mol. The molecule has 3 atom stereocenters. The maximum atomic E-state index is 13.2. The highest BCUT2D eigenvalue weighted by Crippen LogP contribution is 2.35. The summed E-state index contributed by atoms with van der Waals surface area (Å²) in [5.74, 6) is -0.792. The van der Waals surface area contributed by atoms with Crippen LogP contribution in [-0.2, 0) is 14.3 Å². The fraction of sp³-hybridized carbons (Fsp3) is 0.680. The molecule has 2 rings (SSSR count). The molecule has 2 saturated carbocycles. The van der Waals surface area contributed by atoms with Gasteiger partial charge < -0.3 is 14.9 Å². The van der Waals surface area contributed by atoms with Gasteiger partial charge in [0.15, 0.2) is 0 Å². The van der Waals surface area contributed by atoms with Gasteiger partial charge in [0.25, 0.3) is 0 Å². The van der Waals surface area contributed by atoms with Gasteiger partial charge in [0.1, 0.15) is 11.9 Å². The smallest absolute Gasteiger partial charge is 0.334 e. The molecule has 5 heteroatoms. The molecule has 5 nitrogen and oxygen atoms in total. The van der Waals surface area contributed by atoms with Crippen molar-refractivity contribution in [3.05, 3.63) is 34.9 Å². The molecule has 0 aromatic rings. The molecule has 2 fully saturated rings. The van der Waals surface area contributed by atoms with Gasteiger partial charge in [-0.3, -0.25) is 4.79 Å². The summed E-state index contributed by atoms with van der Waals surface area (Å²) >= 11 is 0. The van der Waals surface area contributed by atoms with Crippen LogP contribution in [0.3, 0.4) is 0 Å². The average Bonchev–Trinajstić information content (AvgIpc) is 3.33. The highest BCUT2D eigenvalue weighted by Gasteiger charge is 2.36. The molecule has 2 N–H and O–H groups in total. The first kappa shape index (κ1) is 24.5. The van der Waals surface area contributed by atoms with E-state index in [4.69, 9.17) is 9.84 Å². The molecular formula is C25H38O5. The molecule has 0 aromatic carbocycles. The summed E-state index contributed by atoms with van der Waals surface area (Å²) in [7, 11) is 0. The number of hydrogen-bond donors (Lipinski definition) is 2. The number of aliphatic hydroxyl groups is 2. The first-order valence-corrected chi connectivity index (χ1v) is 11.4. The van der Waals surface area contributed by atoms with Crippen LogP contribution in [0.2, 0.25) is 0 Å². The molecule has 168 valence electrons. The van der Waals surface area contributed by atoms with Gasteiger partial charge in [-0.05, 0) is 72.1 Å². The van der Waals surface area contributed by atoms with Gasteiger partial charge in [0, 0.05) is 30.4 Å². The van der Waals surface area contributed by atoms with Crippen LogP contribution in [0, 0.1) is 11.8 Å². The molecule has 0 amide bonds. The lowest BCUT2D eigenvalue weighted by atomic mass is 9.84. The van der Waals surface area contributed by atoms with Crippen LogP contribution in [0.1, 0.15) is 78.6 Å². The zero-order valence-corrected chi connectivity index (χ0v) is 18.7. The summed E-state index contributed by atoms with van der Waals surface area (Å²) in [6.07, 6.45) is 12.3. The van der Waals surface area contributed by atoms with E-state index in [0.717, 1.165) is 43.3 Å². The Morgan fingerprint density at radius 1 is 1.20 bits per heavy atom. The highest BCUT2D eigenvalue weighted by atomic mass is 16.5. The SMILES string of the molecule is CC(=CC=C[C@@H](CC(C)O)C(C)=C(C(=O)OC1CCCC1)[C@H]1CCCC1=O)CCO. The van der Waals surface area contributed by atoms with Crippen molar-refractivity contribution in [1.29, 1.82) is 0 Å². The second-order valence-corrected chi connectivity index (χ2v) is 8.88. The largest absolute Gasteiger partial charge is 0.459 e. The van der Waals surface area contributed by atoms with E-state index in [-0.39, 0.29) is 30.4 Å². The zero-order valence-electron chi connectivity index (χ0n) is 18.7. The Bertz CT molecular complexity index is 680. The maximum absolute atomic E-state index is 13.2. The van der Waals surface area contributed by atoms with Crippen LogP contribution in [0.25, 0.3) is 0 Å². The van der Waals surface area contributed by atoms with Crippen LogP contribution >= 0.6 is 0 Å². The van der Waals surface area contributed by atoms with Crippen molar-refractivity contribution >= 4 is 11.8 Å². The lowest BCUT2D eigenvalue weighted by Gasteiger charge is -2.23. The lowest BCUT2D eigenvalue weighted by molar-refractivity contribution is -0.145. The molecular weight excluding hydrogens is 380 g/mol. The number of carbonyl (C=O) groups is 2. The van der Waals surface area contributed by atoms with Gasteiger partial charge in [-0.2, -0.15) is 0 Å². The molecule has 0 saturated heterocycles. The number of ketones is 1. The minimum atomic E-state index is -0.538. The summed E-state index contributed by atoms with van der Waals surface area (Å²) in [6.45, 7) is 5.69. The number of ether oxygens (including phenoxy) is 1. The number of Topliss-reactive ketones (excluding diaryl/α,β-unsaturated/α-hetero) is 1. The van der Waals surface area contributed by atoms with Crippen LogP contribution < -0.4 is 0 Å². The average molecular weight is 419 g/mol. The van der Waals surface area contributed by atoms with Gasteiger partial charge in [-0.1, -0.05) is 29.4 Å². The maximum Gasteiger partial charge on any atom is 0.334 e. The molecule has 0 aromatic heterocycles. The van der Waals surface area contributed by atoms with Gasteiger partial charge in [0.2, 0.25) is 0 Å². The molecule has 0 heterocycles. The highest BCUT2D eigenvalue weighted by molar-refractivity contribution is 5.99. The molecule has 0 radical (unpaired) electrons. The number of aliphatic hydroxyl groups excluding tert-OH is 2. The van der Waals surface area contributed by atoms with E-state index in [9.17, 15) is 14.7 Å². The number of esters is 1. The summed E-state index contributed by atoms with van der Waals surface area (Å²) in [6, 6.07) is 0. The van der Waals surface area contributed by atoms with Crippen molar-refractivity contribution < 1.29 is 24.5 Å². The van der Waals surface area contributed by atoms with Crippen LogP contribution in [0.5, 0.6) is 0 Å². The van der Waals surface area contributed by atoms with E-state index < -0.39 is 12.0 Å². The van der Waals surface area contributed by atoms with Gasteiger partial charge in [-0.25, -0.2) is 4.79 Å². The number of hydrogen-bond acceptors (Lipinski definition) is 5. The molecule has 2 aliphatic carbocycles. The Labute approximate surface area is 180 Å². The van der Waals surface area contributed by atoms with Crippen LogP contribution in [0.15, 0.2) is 34.9 Å². The predicted molar refractivity (Wildman–Crippen MR) is 118 cm³/mol. The Morgan fingerprint density at radius 3 is 2.47 bits per heavy atom. The third-order valence-electron chi connectivity index (χ3n) is 6.26. The van der Waals surface area contributed by atoms with E-state index in [2.05, 4.69) is 0 Å². The standard InChI is InChI=1S/C25H38O5/c1-17(14-15-26)8-6-9-20(16-18(2)27)19(3)24(22-12-7-13-23(22)28)25(29)30-21-10-4-5-11-21/h6,8-9,18,20-22,26-27H,4-5,7,10-16H2,1-3H3/t18?,20-,22-/m0/s1. The van der Waals surface area contributed by atoms with Crippen LogP contribution in [-0.4, -0.2) is 40.8 Å². The molecule has 30 heavy (non-hydrogen) atoms. The van der Waals surface area contributed by atoms with Crippen molar-refractivity contribution in [3.8, 4) is 0 Å². The fourth-order valence-corrected chi connectivity index (χ4v) is 4.50. The number of allylic oxidation sites excluding steroid dienone is 4. The van der Waals surface area contributed by atoms with Crippen molar-refractivity contribution in [2.75, 3.05) is 6.61 Å². The van der Waals surface area contributed by atoms with E-state index in [1.54, 1.807) is 6.92 Å². The normalized spacial score (nSPS) is 23.7. The quantitative estimate of drug-likeness (QED) is 0.311. The molecule has 0 aliphatic heterocycles. The minimum absolute atomic E-state index is 0.0494. The first-order valence-electron chi connectivity index (χ1n) is 11.4. The first-order chi connectivity index (χ1) is 14.3. The Morgan fingerprint density at radius 2 is 1.90 bits per heavy atom. The summed E-state index contributed by atoms with van der Waals surface area (Å²) in [5.41, 5.74) is 2.39. The van der Waals surface area contributed by atoms with Crippen LogP contribution in [0.4, 0.5) is 0 Å². The number of rotatable bonds is 10. The van der Waals surface area contributed by atoms with Gasteiger partial charge >= 0.3 is 5.97 Å². The third kappa shape index (κ3) is 7.21. The van der Waals surface area contributed by atoms with E-state index in [1.165, 1.54) is 0 Å². The minimum Gasteiger partial charge on any atom is -0.459 e. The second-order valence-electron chi connectivity index (χ2n) is 8.88. The molecule has 0 bridgehead atoms. The molecule has 2 aliphatic rings. The van der Waals surface area contributed by atoms with Crippen molar-refractivity contribution in [3.63, 3.8) is 0 Å². The van der Waals surface area contributed by atoms with Gasteiger partial charge in [-0.15, -0.1) is 0 Å². The molecule has 1 unspecified atom stereocenters. The zero-order chi connectivity index (χ0) is 22.1. The van der Waals surface area contributed by atoms with E-state index in [0.29, 0.717) is 31.3 Å². The van der Waals surface area contributed by atoms with Crippen molar-refractivity contribution in [2.24, 2.45) is 11.8 Å². The van der Waals surface area contributed by atoms with E-state index >= 15 is 0 Å². The van der Waals surface area contributed by atoms with E-state index in [1.807, 2.05) is 32.1 Å². The molecule has 0 spiro atoms. The Hall–Kier alpha value is -1.72. The Kier molecular flexibility index (Phi) is 9.99. The summed E-state index contributed by atoms with van der Waals surface area (Å²) in [5, 5.41) is 19.1. The summed E-state index contributed by atoms with van der Waals surface area (Å²) < 4.78 is 5.81. The third-order valence-corrected chi connectivity index (χ3v) is 6.26.